The first-order valence-corrected chi connectivity index (χ1v) is 4.21. The molecule has 0 nitrogen and oxygen atoms in total. The normalized spacial score (nSPS) is 22.7. The van der Waals surface area contributed by atoms with Crippen LogP contribution in [0.25, 0.3) is 0 Å². The van der Waals surface area contributed by atoms with Crippen LogP contribution in [-0.4, -0.2) is 0 Å². The summed E-state index contributed by atoms with van der Waals surface area (Å²) in [6.07, 6.45) is 5.83. The zero-order chi connectivity index (χ0) is 7.33. The molecule has 0 amide bonds. The van der Waals surface area contributed by atoms with Crippen LogP contribution in [0.1, 0.15) is 53.4 Å². The number of rotatable bonds is 0. The van der Waals surface area contributed by atoms with Gasteiger partial charge >= 0.3 is 0 Å². The minimum absolute atomic E-state index is 0.694. The lowest BCUT2D eigenvalue weighted by Crippen LogP contribution is -2.01. The maximum absolute atomic E-state index is 2.36. The summed E-state index contributed by atoms with van der Waals surface area (Å²) in [4.78, 5) is 0. The predicted molar refractivity (Wildman–Crippen MR) is 43.6 cm³/mol. The molecule has 1 aliphatic carbocycles. The Hall–Kier alpha value is 0. The summed E-state index contributed by atoms with van der Waals surface area (Å²) in [6, 6.07) is 0. The van der Waals surface area contributed by atoms with Gasteiger partial charge in [0.05, 0.1) is 0 Å². The van der Waals surface area contributed by atoms with Gasteiger partial charge in [0.1, 0.15) is 0 Å². The van der Waals surface area contributed by atoms with E-state index in [0.29, 0.717) is 5.41 Å². The van der Waals surface area contributed by atoms with E-state index >= 15 is 0 Å². The first kappa shape index (κ1) is 9.00. The van der Waals surface area contributed by atoms with Crippen molar-refractivity contribution in [3.63, 3.8) is 0 Å². The Balaban J connectivity index is 0.000000291. The summed E-state index contributed by atoms with van der Waals surface area (Å²) in [7, 11) is 0. The highest BCUT2D eigenvalue weighted by atomic mass is 14.3. The highest BCUT2D eigenvalue weighted by Crippen LogP contribution is 2.36. The lowest BCUT2D eigenvalue weighted by molar-refractivity contribution is 0.382. The Morgan fingerprint density at radius 2 is 1.22 bits per heavy atom. The van der Waals surface area contributed by atoms with Crippen LogP contribution in [0.2, 0.25) is 0 Å². The summed E-state index contributed by atoms with van der Waals surface area (Å²) in [5.74, 6) is 0. The van der Waals surface area contributed by atoms with Crippen molar-refractivity contribution in [2.75, 3.05) is 0 Å². The second-order valence-electron chi connectivity index (χ2n) is 3.37. The third kappa shape index (κ3) is 3.56. The van der Waals surface area contributed by atoms with E-state index in [1.807, 2.05) is 13.8 Å². The SMILES string of the molecule is CC.CC1(C)CCCC1. The summed E-state index contributed by atoms with van der Waals surface area (Å²) in [6.45, 7) is 8.72. The molecule has 0 radical (unpaired) electrons. The van der Waals surface area contributed by atoms with Gasteiger partial charge in [0, 0.05) is 0 Å². The quantitative estimate of drug-likeness (QED) is 0.467. The summed E-state index contributed by atoms with van der Waals surface area (Å²) < 4.78 is 0. The van der Waals surface area contributed by atoms with Crippen molar-refractivity contribution in [2.45, 2.75) is 53.4 Å². The van der Waals surface area contributed by atoms with Crippen molar-refractivity contribution in [2.24, 2.45) is 5.41 Å². The van der Waals surface area contributed by atoms with E-state index in [1.54, 1.807) is 0 Å². The molecule has 0 spiro atoms. The molecule has 0 saturated heterocycles. The van der Waals surface area contributed by atoms with Gasteiger partial charge in [-0.25, -0.2) is 0 Å². The molecule has 0 atom stereocenters. The fraction of sp³-hybridized carbons (Fsp3) is 1.00. The lowest BCUT2D eigenvalue weighted by Gasteiger charge is -2.13. The van der Waals surface area contributed by atoms with Crippen LogP contribution in [0.5, 0.6) is 0 Å². The highest BCUT2D eigenvalue weighted by molar-refractivity contribution is 4.74. The summed E-state index contributed by atoms with van der Waals surface area (Å²) >= 11 is 0. The van der Waals surface area contributed by atoms with Crippen LogP contribution in [0, 0.1) is 5.41 Å². The molecule has 0 aromatic carbocycles. The third-order valence-corrected chi connectivity index (χ3v) is 1.96. The van der Waals surface area contributed by atoms with E-state index in [-0.39, 0.29) is 0 Å². The van der Waals surface area contributed by atoms with Gasteiger partial charge in [-0.2, -0.15) is 0 Å². The molecule has 56 valence electrons. The van der Waals surface area contributed by atoms with E-state index < -0.39 is 0 Å². The minimum Gasteiger partial charge on any atom is -0.0683 e. The van der Waals surface area contributed by atoms with Crippen molar-refractivity contribution in [1.82, 2.24) is 0 Å². The molecular weight excluding hydrogens is 108 g/mol. The molecule has 0 aromatic heterocycles. The maximum atomic E-state index is 2.36. The van der Waals surface area contributed by atoms with Crippen molar-refractivity contribution in [1.29, 1.82) is 0 Å². The first-order valence-electron chi connectivity index (χ1n) is 4.21. The van der Waals surface area contributed by atoms with Gasteiger partial charge in [-0.1, -0.05) is 40.5 Å². The Bertz CT molecular complexity index is 54.4. The zero-order valence-corrected chi connectivity index (χ0v) is 7.33. The van der Waals surface area contributed by atoms with Gasteiger partial charge in [-0.3, -0.25) is 0 Å². The average Bonchev–Trinajstić information content (AvgIpc) is 2.19. The van der Waals surface area contributed by atoms with Crippen molar-refractivity contribution >= 4 is 0 Å². The summed E-state index contributed by atoms with van der Waals surface area (Å²) in [5.41, 5.74) is 0.694. The molecule has 1 saturated carbocycles. The van der Waals surface area contributed by atoms with Gasteiger partial charge in [0.25, 0.3) is 0 Å². The van der Waals surface area contributed by atoms with Crippen LogP contribution in [0.15, 0.2) is 0 Å². The predicted octanol–water partition coefficient (Wildman–Crippen LogP) is 3.61. The fourth-order valence-corrected chi connectivity index (χ4v) is 1.33. The Labute approximate surface area is 59.7 Å². The third-order valence-electron chi connectivity index (χ3n) is 1.96. The number of hydrogen-bond donors (Lipinski definition) is 0. The van der Waals surface area contributed by atoms with E-state index in [4.69, 9.17) is 0 Å². The second-order valence-corrected chi connectivity index (χ2v) is 3.37. The monoisotopic (exact) mass is 128 g/mol. The highest BCUT2D eigenvalue weighted by Gasteiger charge is 2.21. The van der Waals surface area contributed by atoms with Crippen LogP contribution in [0.3, 0.4) is 0 Å². The van der Waals surface area contributed by atoms with E-state index in [2.05, 4.69) is 13.8 Å². The second kappa shape index (κ2) is 3.92. The van der Waals surface area contributed by atoms with Crippen molar-refractivity contribution in [3.8, 4) is 0 Å². The molecular formula is C9H20. The van der Waals surface area contributed by atoms with Crippen LogP contribution in [-0.2, 0) is 0 Å². The van der Waals surface area contributed by atoms with Crippen molar-refractivity contribution in [3.05, 3.63) is 0 Å². The molecule has 0 N–H and O–H groups in total. The van der Waals surface area contributed by atoms with E-state index in [1.165, 1.54) is 25.7 Å². The molecule has 0 heterocycles. The average molecular weight is 128 g/mol. The Kier molecular flexibility index (Phi) is 3.92. The molecule has 0 heteroatoms. The van der Waals surface area contributed by atoms with Gasteiger partial charge in [0.15, 0.2) is 0 Å². The Morgan fingerprint density at radius 3 is 1.33 bits per heavy atom. The van der Waals surface area contributed by atoms with Crippen LogP contribution < -0.4 is 0 Å². The van der Waals surface area contributed by atoms with Gasteiger partial charge < -0.3 is 0 Å². The van der Waals surface area contributed by atoms with Gasteiger partial charge in [-0.15, -0.1) is 0 Å². The standard InChI is InChI=1S/C7H14.C2H6/c1-7(2)5-3-4-6-7;1-2/h3-6H2,1-2H3;1-2H3. The van der Waals surface area contributed by atoms with Crippen LogP contribution >= 0.6 is 0 Å². The van der Waals surface area contributed by atoms with Gasteiger partial charge in [-0.05, 0) is 18.3 Å². The summed E-state index contributed by atoms with van der Waals surface area (Å²) in [5, 5.41) is 0. The van der Waals surface area contributed by atoms with Crippen LogP contribution in [0.4, 0.5) is 0 Å². The molecule has 9 heavy (non-hydrogen) atoms. The zero-order valence-electron chi connectivity index (χ0n) is 7.33. The molecule has 0 aromatic rings. The molecule has 1 aliphatic rings. The van der Waals surface area contributed by atoms with Gasteiger partial charge in [0.2, 0.25) is 0 Å². The molecule has 0 bridgehead atoms. The largest absolute Gasteiger partial charge is 0.0683 e. The van der Waals surface area contributed by atoms with E-state index in [9.17, 15) is 0 Å². The first-order chi connectivity index (χ1) is 4.21. The molecule has 0 aliphatic heterocycles. The van der Waals surface area contributed by atoms with E-state index in [0.717, 1.165) is 0 Å². The maximum Gasteiger partial charge on any atom is -0.0354 e. The molecule has 1 rings (SSSR count). The Morgan fingerprint density at radius 1 is 0.889 bits per heavy atom. The molecule has 0 unspecified atom stereocenters. The fourth-order valence-electron chi connectivity index (χ4n) is 1.33. The minimum atomic E-state index is 0.694. The lowest BCUT2D eigenvalue weighted by atomic mass is 9.92. The smallest absolute Gasteiger partial charge is 0.0354 e. The van der Waals surface area contributed by atoms with Crippen molar-refractivity contribution < 1.29 is 0 Å². The topological polar surface area (TPSA) is 0 Å². The number of hydrogen-bond acceptors (Lipinski definition) is 0. The molecule has 1 fully saturated rings.